The molecule has 0 radical (unpaired) electrons. The van der Waals surface area contributed by atoms with E-state index in [4.69, 9.17) is 9.47 Å². The third kappa shape index (κ3) is 12.2. The average Bonchev–Trinajstić information content (AvgIpc) is 3.99. The predicted octanol–water partition coefficient (Wildman–Crippen LogP) is 17.1. The molecule has 6 nitrogen and oxygen atoms in total. The number of thiophene rings is 2. The third-order valence-electron chi connectivity index (χ3n) is 12.4. The number of hydrogen-bond acceptors (Lipinski definition) is 7. The molecule has 6 rings (SSSR count). The highest BCUT2D eigenvalue weighted by atomic mass is 32.1. The van der Waals surface area contributed by atoms with E-state index in [1.165, 1.54) is 108 Å². The molecule has 1 aliphatic rings. The maximum Gasteiger partial charge on any atom is 0.346 e. The summed E-state index contributed by atoms with van der Waals surface area (Å²) in [5, 5.41) is 19.3. The highest BCUT2D eigenvalue weighted by Gasteiger charge is 2.45. The Hall–Kier alpha value is -4.84. The number of carboxylic acid groups (broad SMARTS) is 1. The zero-order valence-electron chi connectivity index (χ0n) is 38.2. The molecule has 0 saturated carbocycles. The van der Waals surface area contributed by atoms with E-state index in [0.29, 0.717) is 0 Å². The second-order valence-electron chi connectivity index (χ2n) is 17.1. The fourth-order valence-corrected chi connectivity index (χ4v) is 11.5. The Morgan fingerprint density at radius 1 is 0.619 bits per heavy atom. The number of unbranched alkanes of at least 4 members (excludes halogenated alkanes) is 12. The highest BCUT2D eigenvalue weighted by molar-refractivity contribution is 7.24. The first kappa shape index (κ1) is 47.6. The first-order valence-electron chi connectivity index (χ1n) is 23.9. The molecule has 0 aliphatic heterocycles. The van der Waals surface area contributed by atoms with Gasteiger partial charge in [-0.25, -0.2) is 4.79 Å². The summed E-state index contributed by atoms with van der Waals surface area (Å²) in [6, 6.07) is 32.5. The van der Waals surface area contributed by atoms with Gasteiger partial charge < -0.3 is 19.5 Å². The third-order valence-corrected chi connectivity index (χ3v) is 14.8. The number of aliphatic carboxylic acids is 1. The summed E-state index contributed by atoms with van der Waals surface area (Å²) in [4.78, 5) is 18.8. The van der Waals surface area contributed by atoms with Crippen LogP contribution in [0.2, 0.25) is 0 Å². The summed E-state index contributed by atoms with van der Waals surface area (Å²) >= 11 is 3.49. The Kier molecular flexibility index (Phi) is 18.4. The van der Waals surface area contributed by atoms with Gasteiger partial charge in [0.2, 0.25) is 0 Å². The molecule has 2 heterocycles. The monoisotopic (exact) mass is 884 g/mol. The number of rotatable bonds is 28. The summed E-state index contributed by atoms with van der Waals surface area (Å²) in [6.45, 7) is 10.4. The largest absolute Gasteiger partial charge is 0.494 e. The molecule has 1 N–H and O–H groups in total. The Labute approximate surface area is 385 Å². The Balaban J connectivity index is 1.34. The van der Waals surface area contributed by atoms with Crippen LogP contribution in [0.3, 0.4) is 0 Å². The van der Waals surface area contributed by atoms with Crippen molar-refractivity contribution >= 4 is 51.8 Å². The fraction of sp³-hybridized carbons (Fsp3) is 0.455. The molecule has 0 unspecified atom stereocenters. The molecule has 0 atom stereocenters. The molecule has 0 amide bonds. The second-order valence-corrected chi connectivity index (χ2v) is 19.2. The molecule has 0 fully saturated rings. The van der Waals surface area contributed by atoms with Crippen LogP contribution < -0.4 is 14.4 Å². The van der Waals surface area contributed by atoms with Crippen LogP contribution in [0.1, 0.15) is 159 Å². The van der Waals surface area contributed by atoms with Gasteiger partial charge in [-0.3, -0.25) is 0 Å². The van der Waals surface area contributed by atoms with Gasteiger partial charge in [-0.1, -0.05) is 130 Å². The van der Waals surface area contributed by atoms with Crippen LogP contribution in [0, 0.1) is 11.3 Å². The maximum atomic E-state index is 11.9. The number of anilines is 3. The molecule has 334 valence electrons. The molecule has 2 aromatic heterocycles. The fourth-order valence-electron chi connectivity index (χ4n) is 8.91. The lowest BCUT2D eigenvalue weighted by Gasteiger charge is -2.31. The van der Waals surface area contributed by atoms with E-state index >= 15 is 0 Å². The standard InChI is InChI=1S/C55H68N2O4S2/c1-5-9-13-17-33-55(34-18-14-10-6-2)49-38-48(37-42(40-56)54(58)59)62-52(49)53-50(55)39-51(63-53)41-21-23-43(24-22-41)57(44-25-29-46(30-26-44)60-35-19-15-11-7-3)45-27-31-47(32-28-45)61-36-20-16-12-8-4/h21-32,37-39H,5-20,33-36H2,1-4H3,(H,58,59). The number of fused-ring (bicyclic) bond motifs is 3. The summed E-state index contributed by atoms with van der Waals surface area (Å²) < 4.78 is 12.3. The van der Waals surface area contributed by atoms with Crippen LogP contribution in [0.15, 0.2) is 90.5 Å². The van der Waals surface area contributed by atoms with Crippen molar-refractivity contribution in [2.24, 2.45) is 0 Å². The Bertz CT molecular complexity index is 2180. The molecular formula is C55H68N2O4S2. The normalized spacial score (nSPS) is 12.8. The number of carboxylic acids is 1. The second kappa shape index (κ2) is 24.3. The van der Waals surface area contributed by atoms with E-state index in [1.54, 1.807) is 17.4 Å². The van der Waals surface area contributed by atoms with Gasteiger partial charge in [-0.05, 0) is 121 Å². The number of carbonyl (C=O) groups is 1. The number of benzene rings is 3. The van der Waals surface area contributed by atoms with E-state index in [1.807, 2.05) is 17.4 Å². The van der Waals surface area contributed by atoms with Crippen molar-refractivity contribution in [3.05, 3.63) is 107 Å². The number of nitriles is 1. The average molecular weight is 885 g/mol. The number of hydrogen-bond donors (Lipinski definition) is 1. The topological polar surface area (TPSA) is 82.8 Å². The summed E-state index contributed by atoms with van der Waals surface area (Å²) in [6.07, 6.45) is 22.6. The lowest BCUT2D eigenvalue weighted by Crippen LogP contribution is -2.25. The van der Waals surface area contributed by atoms with E-state index in [0.717, 1.165) is 85.2 Å². The van der Waals surface area contributed by atoms with Gasteiger partial charge in [-0.15, -0.1) is 22.7 Å². The minimum absolute atomic E-state index is 0.132. The zero-order valence-corrected chi connectivity index (χ0v) is 39.8. The van der Waals surface area contributed by atoms with E-state index < -0.39 is 5.97 Å². The molecule has 0 spiro atoms. The molecule has 0 saturated heterocycles. The predicted molar refractivity (Wildman–Crippen MR) is 267 cm³/mol. The van der Waals surface area contributed by atoms with Crippen LogP contribution in [-0.2, 0) is 10.2 Å². The van der Waals surface area contributed by atoms with Crippen molar-refractivity contribution in [1.29, 1.82) is 5.26 Å². The molecule has 1 aliphatic carbocycles. The van der Waals surface area contributed by atoms with E-state index in [2.05, 4.69) is 118 Å². The zero-order chi connectivity index (χ0) is 44.4. The molecule has 63 heavy (non-hydrogen) atoms. The number of ether oxygens (including phenoxy) is 2. The molecule has 8 heteroatoms. The summed E-state index contributed by atoms with van der Waals surface area (Å²) in [7, 11) is 0. The van der Waals surface area contributed by atoms with Crippen LogP contribution in [-0.4, -0.2) is 24.3 Å². The smallest absolute Gasteiger partial charge is 0.346 e. The lowest BCUT2D eigenvalue weighted by molar-refractivity contribution is -0.132. The van der Waals surface area contributed by atoms with Crippen LogP contribution in [0.4, 0.5) is 17.1 Å². The van der Waals surface area contributed by atoms with Crippen molar-refractivity contribution < 1.29 is 19.4 Å². The summed E-state index contributed by atoms with van der Waals surface area (Å²) in [5.74, 6) is 0.592. The first-order chi connectivity index (χ1) is 30.8. The summed E-state index contributed by atoms with van der Waals surface area (Å²) in [5.41, 5.74) is 6.75. The molecule has 5 aromatic rings. The van der Waals surface area contributed by atoms with Crippen molar-refractivity contribution in [2.75, 3.05) is 18.1 Å². The van der Waals surface area contributed by atoms with Gasteiger partial charge in [0, 0.05) is 42.0 Å². The van der Waals surface area contributed by atoms with Crippen LogP contribution in [0.25, 0.3) is 26.3 Å². The van der Waals surface area contributed by atoms with Gasteiger partial charge >= 0.3 is 5.97 Å². The van der Waals surface area contributed by atoms with Gasteiger partial charge in [0.1, 0.15) is 23.1 Å². The van der Waals surface area contributed by atoms with Gasteiger partial charge in [0.05, 0.1) is 13.2 Å². The minimum Gasteiger partial charge on any atom is -0.494 e. The minimum atomic E-state index is -1.18. The maximum absolute atomic E-state index is 11.9. The SMILES string of the molecule is CCCCCCOc1ccc(N(c2ccc(OCCCCCC)cc2)c2ccc(-c3cc4c(s3)-c3sc(C=C(C#N)C(=O)O)cc3C4(CCCCCC)CCCCCC)cc2)cc1. The van der Waals surface area contributed by atoms with Crippen molar-refractivity contribution in [3.63, 3.8) is 0 Å². The van der Waals surface area contributed by atoms with Crippen LogP contribution in [0.5, 0.6) is 11.5 Å². The Morgan fingerprint density at radius 2 is 1.06 bits per heavy atom. The quantitative estimate of drug-likeness (QED) is 0.0306. The Morgan fingerprint density at radius 3 is 1.52 bits per heavy atom. The van der Waals surface area contributed by atoms with Gasteiger partial charge in [0.15, 0.2) is 0 Å². The first-order valence-corrected chi connectivity index (χ1v) is 25.5. The van der Waals surface area contributed by atoms with Crippen LogP contribution >= 0.6 is 22.7 Å². The van der Waals surface area contributed by atoms with Crippen molar-refractivity contribution in [3.8, 4) is 37.8 Å². The highest BCUT2D eigenvalue weighted by Crippen LogP contribution is 2.61. The van der Waals surface area contributed by atoms with Gasteiger partial charge in [-0.2, -0.15) is 5.26 Å². The van der Waals surface area contributed by atoms with Gasteiger partial charge in [0.25, 0.3) is 0 Å². The van der Waals surface area contributed by atoms with E-state index in [-0.39, 0.29) is 11.0 Å². The van der Waals surface area contributed by atoms with E-state index in [9.17, 15) is 15.2 Å². The number of nitrogens with zero attached hydrogens (tertiary/aromatic N) is 2. The molecular weight excluding hydrogens is 817 g/mol. The van der Waals surface area contributed by atoms with Crippen molar-refractivity contribution in [2.45, 2.75) is 149 Å². The lowest BCUT2D eigenvalue weighted by atomic mass is 9.71. The molecule has 3 aromatic carbocycles. The molecule has 0 bridgehead atoms. The van der Waals surface area contributed by atoms with Crippen molar-refractivity contribution in [1.82, 2.24) is 0 Å².